The van der Waals surface area contributed by atoms with Gasteiger partial charge in [-0.2, -0.15) is 0 Å². The van der Waals surface area contributed by atoms with Crippen LogP contribution in [0.2, 0.25) is 0 Å². The summed E-state index contributed by atoms with van der Waals surface area (Å²) in [5.41, 5.74) is 2.32. The average molecular weight is 264 g/mol. The highest BCUT2D eigenvalue weighted by Gasteiger charge is 2.11. The van der Waals surface area contributed by atoms with Gasteiger partial charge < -0.3 is 14.9 Å². The Hall–Kier alpha value is -0.900. The highest BCUT2D eigenvalue weighted by atomic mass is 16.3. The minimum atomic E-state index is -0.409. The largest absolute Gasteiger partial charge is 0.387 e. The van der Waals surface area contributed by atoms with Crippen LogP contribution in [0.3, 0.4) is 0 Å². The van der Waals surface area contributed by atoms with Gasteiger partial charge in [0, 0.05) is 19.6 Å². The van der Waals surface area contributed by atoms with Crippen LogP contribution in [-0.2, 0) is 0 Å². The lowest BCUT2D eigenvalue weighted by atomic mass is 10.00. The molecule has 0 amide bonds. The molecule has 0 saturated carbocycles. The van der Waals surface area contributed by atoms with Crippen molar-refractivity contribution in [2.75, 3.05) is 40.8 Å². The second-order valence-corrected chi connectivity index (χ2v) is 5.90. The number of rotatable bonds is 7. The molecule has 1 atom stereocenters. The van der Waals surface area contributed by atoms with Crippen LogP contribution in [0.4, 0.5) is 0 Å². The molecule has 0 heterocycles. The highest BCUT2D eigenvalue weighted by Crippen LogP contribution is 2.19. The van der Waals surface area contributed by atoms with E-state index in [0.717, 1.165) is 18.7 Å². The van der Waals surface area contributed by atoms with Crippen LogP contribution in [0.25, 0.3) is 0 Å². The average Bonchev–Trinajstić information content (AvgIpc) is 2.36. The van der Waals surface area contributed by atoms with Gasteiger partial charge in [0.2, 0.25) is 0 Å². The Labute approximate surface area is 117 Å². The molecule has 0 aliphatic heterocycles. The lowest BCUT2D eigenvalue weighted by molar-refractivity contribution is 0.123. The summed E-state index contributed by atoms with van der Waals surface area (Å²) in [6.45, 7) is 7.01. The van der Waals surface area contributed by atoms with Crippen molar-refractivity contribution in [3.63, 3.8) is 0 Å². The van der Waals surface area contributed by atoms with Gasteiger partial charge in [-0.1, -0.05) is 38.1 Å². The molecular weight excluding hydrogens is 236 g/mol. The Morgan fingerprint density at radius 3 is 1.95 bits per heavy atom. The number of aliphatic hydroxyl groups excluding tert-OH is 1. The van der Waals surface area contributed by atoms with Gasteiger partial charge in [0.05, 0.1) is 6.10 Å². The molecule has 108 valence electrons. The van der Waals surface area contributed by atoms with Gasteiger partial charge in [-0.25, -0.2) is 0 Å². The van der Waals surface area contributed by atoms with Crippen LogP contribution in [0.15, 0.2) is 24.3 Å². The fourth-order valence-corrected chi connectivity index (χ4v) is 1.97. The Balaban J connectivity index is 2.50. The molecule has 3 nitrogen and oxygen atoms in total. The molecule has 0 bridgehead atoms. The minimum absolute atomic E-state index is 0.409. The highest BCUT2D eigenvalue weighted by molar-refractivity contribution is 5.26. The molecule has 0 saturated heterocycles. The summed E-state index contributed by atoms with van der Waals surface area (Å²) in [6.07, 6.45) is -0.409. The van der Waals surface area contributed by atoms with E-state index in [1.165, 1.54) is 5.56 Å². The topological polar surface area (TPSA) is 26.7 Å². The predicted octanol–water partition coefficient (Wildman–Crippen LogP) is 2.34. The molecule has 1 unspecified atom stereocenters. The van der Waals surface area contributed by atoms with E-state index in [1.54, 1.807) is 0 Å². The molecule has 0 radical (unpaired) electrons. The van der Waals surface area contributed by atoms with Crippen molar-refractivity contribution in [3.8, 4) is 0 Å². The van der Waals surface area contributed by atoms with Crippen LogP contribution in [-0.4, -0.2) is 55.7 Å². The quantitative estimate of drug-likeness (QED) is 0.819. The van der Waals surface area contributed by atoms with Gasteiger partial charge in [-0.3, -0.25) is 0 Å². The molecule has 1 aromatic carbocycles. The van der Waals surface area contributed by atoms with E-state index in [0.29, 0.717) is 12.5 Å². The number of hydrogen-bond acceptors (Lipinski definition) is 3. The zero-order chi connectivity index (χ0) is 14.4. The molecular formula is C16H28N2O. The Morgan fingerprint density at radius 1 is 0.947 bits per heavy atom. The van der Waals surface area contributed by atoms with Gasteiger partial charge >= 0.3 is 0 Å². The summed E-state index contributed by atoms with van der Waals surface area (Å²) >= 11 is 0. The standard InChI is InChI=1S/C16H28N2O/c1-13(2)14-6-8-15(9-7-14)16(19)12-18(5)11-10-17(3)4/h6-9,13,16,19H,10-12H2,1-5H3. The molecule has 0 aliphatic carbocycles. The molecule has 0 aliphatic rings. The Bertz CT molecular complexity index is 360. The Kier molecular flexibility index (Phi) is 6.49. The molecule has 19 heavy (non-hydrogen) atoms. The third-order valence-electron chi connectivity index (χ3n) is 3.40. The van der Waals surface area contributed by atoms with Gasteiger partial charge in [0.15, 0.2) is 0 Å². The molecule has 1 N–H and O–H groups in total. The number of hydrogen-bond donors (Lipinski definition) is 1. The molecule has 0 aromatic heterocycles. The summed E-state index contributed by atoms with van der Waals surface area (Å²) in [5.74, 6) is 0.536. The number of likely N-dealkylation sites (N-methyl/N-ethyl adjacent to an activating group) is 2. The fourth-order valence-electron chi connectivity index (χ4n) is 1.97. The predicted molar refractivity (Wildman–Crippen MR) is 81.5 cm³/mol. The first-order valence-electron chi connectivity index (χ1n) is 7.01. The fraction of sp³-hybridized carbons (Fsp3) is 0.625. The monoisotopic (exact) mass is 264 g/mol. The smallest absolute Gasteiger partial charge is 0.0916 e. The second-order valence-electron chi connectivity index (χ2n) is 5.90. The van der Waals surface area contributed by atoms with Crippen LogP contribution < -0.4 is 0 Å². The van der Waals surface area contributed by atoms with Gasteiger partial charge in [0.25, 0.3) is 0 Å². The van der Waals surface area contributed by atoms with Crippen molar-refractivity contribution >= 4 is 0 Å². The molecule has 3 heteroatoms. The van der Waals surface area contributed by atoms with Gasteiger partial charge in [-0.15, -0.1) is 0 Å². The minimum Gasteiger partial charge on any atom is -0.387 e. The zero-order valence-electron chi connectivity index (χ0n) is 12.9. The first-order chi connectivity index (χ1) is 8.90. The molecule has 1 aromatic rings. The van der Waals surface area contributed by atoms with Gasteiger partial charge in [-0.05, 0) is 38.2 Å². The lowest BCUT2D eigenvalue weighted by Gasteiger charge is -2.22. The van der Waals surface area contributed by atoms with Crippen molar-refractivity contribution in [2.45, 2.75) is 25.9 Å². The first-order valence-corrected chi connectivity index (χ1v) is 7.01. The summed E-state index contributed by atoms with van der Waals surface area (Å²) in [4.78, 5) is 4.32. The van der Waals surface area contributed by atoms with E-state index < -0.39 is 6.10 Å². The Morgan fingerprint density at radius 2 is 1.47 bits per heavy atom. The van der Waals surface area contributed by atoms with Crippen LogP contribution in [0.5, 0.6) is 0 Å². The summed E-state index contributed by atoms with van der Waals surface area (Å²) in [5, 5.41) is 10.2. The van der Waals surface area contributed by atoms with Crippen molar-refractivity contribution in [1.82, 2.24) is 9.80 Å². The number of nitrogens with zero attached hydrogens (tertiary/aromatic N) is 2. The molecule has 0 spiro atoms. The SMILES string of the molecule is CC(C)c1ccc(C(O)CN(C)CCN(C)C)cc1. The third kappa shape index (κ3) is 5.72. The van der Waals surface area contributed by atoms with Crippen molar-refractivity contribution in [3.05, 3.63) is 35.4 Å². The number of benzene rings is 1. The van der Waals surface area contributed by atoms with E-state index in [9.17, 15) is 5.11 Å². The summed E-state index contributed by atoms with van der Waals surface area (Å²) in [6, 6.07) is 8.31. The van der Waals surface area contributed by atoms with E-state index >= 15 is 0 Å². The van der Waals surface area contributed by atoms with Crippen molar-refractivity contribution in [1.29, 1.82) is 0 Å². The molecule has 1 rings (SSSR count). The van der Waals surface area contributed by atoms with Crippen molar-refractivity contribution < 1.29 is 5.11 Å². The lowest BCUT2D eigenvalue weighted by Crippen LogP contribution is -2.31. The van der Waals surface area contributed by atoms with Crippen LogP contribution >= 0.6 is 0 Å². The van der Waals surface area contributed by atoms with Gasteiger partial charge in [0.1, 0.15) is 0 Å². The molecule has 0 fully saturated rings. The maximum Gasteiger partial charge on any atom is 0.0916 e. The maximum atomic E-state index is 10.2. The van der Waals surface area contributed by atoms with Crippen molar-refractivity contribution in [2.24, 2.45) is 0 Å². The summed E-state index contributed by atoms with van der Waals surface area (Å²) < 4.78 is 0. The van der Waals surface area contributed by atoms with Crippen LogP contribution in [0, 0.1) is 0 Å². The van der Waals surface area contributed by atoms with E-state index in [4.69, 9.17) is 0 Å². The van der Waals surface area contributed by atoms with E-state index in [-0.39, 0.29) is 0 Å². The third-order valence-corrected chi connectivity index (χ3v) is 3.40. The zero-order valence-corrected chi connectivity index (χ0v) is 12.9. The van der Waals surface area contributed by atoms with E-state index in [1.807, 2.05) is 12.1 Å². The summed E-state index contributed by atoms with van der Waals surface area (Å²) in [7, 11) is 6.18. The first kappa shape index (κ1) is 16.2. The second kappa shape index (κ2) is 7.63. The van der Waals surface area contributed by atoms with E-state index in [2.05, 4.69) is 56.9 Å². The van der Waals surface area contributed by atoms with Crippen LogP contribution in [0.1, 0.15) is 37.0 Å². The number of aliphatic hydroxyl groups is 1. The normalized spacial score (nSPS) is 13.5. The maximum absolute atomic E-state index is 10.2.